The number of nitrogens with zero attached hydrogens (tertiary/aromatic N) is 2. The van der Waals surface area contributed by atoms with E-state index in [9.17, 15) is 5.11 Å². The number of phenolic OH excluding ortho intramolecular Hbond substituents is 1. The number of pyridine rings is 2. The average Bonchev–Trinajstić information content (AvgIpc) is 3.06. The average molecular weight is 364 g/mol. The highest BCUT2D eigenvalue weighted by Gasteiger charge is 2.17. The number of hydrogen-bond donors (Lipinski definition) is 2. The molecule has 0 saturated carbocycles. The monoisotopic (exact) mass is 363 g/mol. The maximum atomic E-state index is 10.1. The predicted octanol–water partition coefficient (Wildman–Crippen LogP) is 5.58. The van der Waals surface area contributed by atoms with E-state index in [1.165, 1.54) is 0 Å². The third kappa shape index (κ3) is 2.63. The number of halogens is 1. The Morgan fingerprint density at radius 2 is 1.81 bits per heavy atom. The number of benzene rings is 1. The standard InChI is InChI=1S/C21H18ClN3O/c1-11-4-7-18(26)13(3)19(11)16-10-24-21-15(20(16)22)8-17(25-21)14-6-5-12(2)23-9-14/h4-10,26H,1-3H3,(H,24,25). The molecule has 0 aliphatic rings. The number of hydrogen-bond acceptors (Lipinski definition) is 3. The van der Waals surface area contributed by atoms with E-state index in [1.54, 1.807) is 12.3 Å². The molecule has 4 aromatic rings. The Morgan fingerprint density at radius 1 is 1.00 bits per heavy atom. The molecule has 3 heterocycles. The van der Waals surface area contributed by atoms with Crippen molar-refractivity contribution in [3.63, 3.8) is 0 Å². The number of rotatable bonds is 2. The first-order valence-electron chi connectivity index (χ1n) is 8.35. The first-order chi connectivity index (χ1) is 12.5. The van der Waals surface area contributed by atoms with Crippen LogP contribution in [-0.2, 0) is 0 Å². The summed E-state index contributed by atoms with van der Waals surface area (Å²) in [7, 11) is 0. The number of aromatic amines is 1. The van der Waals surface area contributed by atoms with Crippen molar-refractivity contribution in [1.82, 2.24) is 15.0 Å². The number of H-pyrrole nitrogens is 1. The Kier molecular flexibility index (Phi) is 3.93. The lowest BCUT2D eigenvalue weighted by Gasteiger charge is -2.13. The fraction of sp³-hybridized carbons (Fsp3) is 0.143. The van der Waals surface area contributed by atoms with E-state index >= 15 is 0 Å². The van der Waals surface area contributed by atoms with Crippen molar-refractivity contribution in [2.24, 2.45) is 0 Å². The Hall–Kier alpha value is -2.85. The quantitative estimate of drug-likeness (QED) is 0.489. The second kappa shape index (κ2) is 6.15. The summed E-state index contributed by atoms with van der Waals surface area (Å²) >= 11 is 6.74. The molecule has 5 heteroatoms. The third-order valence-electron chi connectivity index (χ3n) is 4.73. The van der Waals surface area contributed by atoms with Crippen LogP contribution in [0.4, 0.5) is 0 Å². The molecule has 26 heavy (non-hydrogen) atoms. The Bertz CT molecular complexity index is 1130. The number of fused-ring (bicyclic) bond motifs is 1. The van der Waals surface area contributed by atoms with Gasteiger partial charge in [-0.05, 0) is 61.7 Å². The lowest BCUT2D eigenvalue weighted by Crippen LogP contribution is -1.91. The minimum atomic E-state index is 0.252. The third-order valence-corrected chi connectivity index (χ3v) is 5.14. The molecule has 3 aromatic heterocycles. The van der Waals surface area contributed by atoms with Gasteiger partial charge in [-0.1, -0.05) is 17.7 Å². The van der Waals surface area contributed by atoms with Gasteiger partial charge in [0, 0.05) is 40.3 Å². The van der Waals surface area contributed by atoms with Crippen LogP contribution in [0.5, 0.6) is 5.75 Å². The van der Waals surface area contributed by atoms with Crippen LogP contribution in [0.25, 0.3) is 33.4 Å². The van der Waals surface area contributed by atoms with Crippen molar-refractivity contribution in [2.45, 2.75) is 20.8 Å². The summed E-state index contributed by atoms with van der Waals surface area (Å²) in [6, 6.07) is 9.58. The van der Waals surface area contributed by atoms with Crippen LogP contribution >= 0.6 is 11.6 Å². The molecule has 4 nitrogen and oxygen atoms in total. The van der Waals surface area contributed by atoms with Gasteiger partial charge in [-0.2, -0.15) is 0 Å². The van der Waals surface area contributed by atoms with Gasteiger partial charge in [-0.25, -0.2) is 4.98 Å². The van der Waals surface area contributed by atoms with Gasteiger partial charge in [0.15, 0.2) is 0 Å². The molecule has 0 atom stereocenters. The zero-order valence-electron chi connectivity index (χ0n) is 14.8. The molecule has 0 amide bonds. The van der Waals surface area contributed by atoms with Crippen LogP contribution in [0.2, 0.25) is 5.02 Å². The SMILES string of the molecule is Cc1ccc(-c2cc3c(Cl)c(-c4c(C)ccc(O)c4C)cnc3[nH]2)cn1. The summed E-state index contributed by atoms with van der Waals surface area (Å²) in [5.41, 5.74) is 7.18. The molecule has 0 fully saturated rings. The summed E-state index contributed by atoms with van der Waals surface area (Å²) in [5.74, 6) is 0.252. The van der Waals surface area contributed by atoms with E-state index in [-0.39, 0.29) is 5.75 Å². The van der Waals surface area contributed by atoms with Gasteiger partial charge in [-0.15, -0.1) is 0 Å². The van der Waals surface area contributed by atoms with Crippen LogP contribution in [0.3, 0.4) is 0 Å². The van der Waals surface area contributed by atoms with Crippen molar-refractivity contribution in [2.75, 3.05) is 0 Å². The van der Waals surface area contributed by atoms with E-state index < -0.39 is 0 Å². The van der Waals surface area contributed by atoms with E-state index in [1.807, 2.05) is 51.2 Å². The van der Waals surface area contributed by atoms with Gasteiger partial charge in [0.25, 0.3) is 0 Å². The maximum Gasteiger partial charge on any atom is 0.139 e. The molecular weight excluding hydrogens is 346 g/mol. The van der Waals surface area contributed by atoms with Crippen molar-refractivity contribution in [3.05, 3.63) is 64.6 Å². The number of aromatic hydroxyl groups is 1. The molecule has 2 N–H and O–H groups in total. The first-order valence-corrected chi connectivity index (χ1v) is 8.73. The van der Waals surface area contributed by atoms with E-state index in [4.69, 9.17) is 11.6 Å². The Labute approximate surface area is 156 Å². The largest absolute Gasteiger partial charge is 0.508 e. The highest BCUT2D eigenvalue weighted by atomic mass is 35.5. The van der Waals surface area contributed by atoms with Crippen molar-refractivity contribution in [1.29, 1.82) is 0 Å². The molecule has 0 aliphatic heterocycles. The topological polar surface area (TPSA) is 61.8 Å². The zero-order chi connectivity index (χ0) is 18.4. The normalized spacial score (nSPS) is 11.2. The molecule has 130 valence electrons. The lowest BCUT2D eigenvalue weighted by atomic mass is 9.95. The van der Waals surface area contributed by atoms with Crippen molar-refractivity contribution in [3.8, 4) is 28.1 Å². The number of nitrogens with one attached hydrogen (secondary N) is 1. The number of aryl methyl sites for hydroxylation is 2. The van der Waals surface area contributed by atoms with E-state index in [0.29, 0.717) is 5.02 Å². The Balaban J connectivity index is 1.91. The fourth-order valence-electron chi connectivity index (χ4n) is 3.25. The molecule has 0 unspecified atom stereocenters. The molecule has 0 radical (unpaired) electrons. The zero-order valence-corrected chi connectivity index (χ0v) is 15.5. The summed E-state index contributed by atoms with van der Waals surface area (Å²) in [5, 5.41) is 11.6. The molecule has 4 rings (SSSR count). The second-order valence-electron chi connectivity index (χ2n) is 6.52. The number of aromatic nitrogens is 3. The van der Waals surface area contributed by atoms with Crippen LogP contribution in [-0.4, -0.2) is 20.1 Å². The van der Waals surface area contributed by atoms with Crippen LogP contribution in [0.1, 0.15) is 16.8 Å². The molecule has 0 bridgehead atoms. The summed E-state index contributed by atoms with van der Waals surface area (Å²) in [4.78, 5) is 12.2. The maximum absolute atomic E-state index is 10.1. The van der Waals surface area contributed by atoms with Crippen molar-refractivity contribution >= 4 is 22.6 Å². The minimum Gasteiger partial charge on any atom is -0.508 e. The van der Waals surface area contributed by atoms with Crippen LogP contribution in [0.15, 0.2) is 42.7 Å². The van der Waals surface area contributed by atoms with Gasteiger partial charge in [0.05, 0.1) is 5.02 Å². The smallest absolute Gasteiger partial charge is 0.139 e. The van der Waals surface area contributed by atoms with Crippen LogP contribution in [0, 0.1) is 20.8 Å². The van der Waals surface area contributed by atoms with Gasteiger partial charge in [0.2, 0.25) is 0 Å². The van der Waals surface area contributed by atoms with Gasteiger partial charge in [0.1, 0.15) is 11.4 Å². The summed E-state index contributed by atoms with van der Waals surface area (Å²) in [6.07, 6.45) is 3.59. The highest BCUT2D eigenvalue weighted by molar-refractivity contribution is 6.38. The van der Waals surface area contributed by atoms with E-state index in [0.717, 1.165) is 50.2 Å². The fourth-order valence-corrected chi connectivity index (χ4v) is 3.54. The van der Waals surface area contributed by atoms with Crippen LogP contribution < -0.4 is 0 Å². The van der Waals surface area contributed by atoms with Gasteiger partial charge < -0.3 is 10.1 Å². The minimum absolute atomic E-state index is 0.252. The molecule has 0 saturated heterocycles. The van der Waals surface area contributed by atoms with E-state index in [2.05, 4.69) is 15.0 Å². The molecule has 1 aromatic carbocycles. The second-order valence-corrected chi connectivity index (χ2v) is 6.90. The molecule has 0 spiro atoms. The predicted molar refractivity (Wildman–Crippen MR) is 106 cm³/mol. The van der Waals surface area contributed by atoms with Crippen molar-refractivity contribution < 1.29 is 5.11 Å². The lowest BCUT2D eigenvalue weighted by molar-refractivity contribution is 0.471. The number of phenols is 1. The first kappa shape index (κ1) is 16.6. The summed E-state index contributed by atoms with van der Waals surface area (Å²) in [6.45, 7) is 5.85. The Morgan fingerprint density at radius 3 is 2.54 bits per heavy atom. The molecule has 0 aliphatic carbocycles. The van der Waals surface area contributed by atoms with Gasteiger partial charge in [-0.3, -0.25) is 4.98 Å². The highest BCUT2D eigenvalue weighted by Crippen LogP contribution is 2.39. The summed E-state index contributed by atoms with van der Waals surface area (Å²) < 4.78 is 0. The van der Waals surface area contributed by atoms with Gasteiger partial charge >= 0.3 is 0 Å². The molecular formula is C21H18ClN3O.